The van der Waals surface area contributed by atoms with Crippen LogP contribution in [0.25, 0.3) is 0 Å². The number of halogens is 2. The van der Waals surface area contributed by atoms with E-state index < -0.39 is 0 Å². The summed E-state index contributed by atoms with van der Waals surface area (Å²) < 4.78 is 1.87. The molecule has 0 spiro atoms. The van der Waals surface area contributed by atoms with Crippen molar-refractivity contribution in [3.05, 3.63) is 46.0 Å². The van der Waals surface area contributed by atoms with E-state index in [0.717, 1.165) is 11.4 Å². The first-order valence-corrected chi connectivity index (χ1v) is 5.67. The fourth-order valence-electron chi connectivity index (χ4n) is 1.70. The maximum atomic E-state index is 5.99. The zero-order chi connectivity index (χ0) is 11.7. The van der Waals surface area contributed by atoms with Gasteiger partial charge in [0.2, 0.25) is 5.28 Å². The summed E-state index contributed by atoms with van der Waals surface area (Å²) in [5, 5.41) is 8.87. The summed E-state index contributed by atoms with van der Waals surface area (Å²) in [6, 6.07) is 7.76. The number of benzene rings is 1. The molecule has 1 atom stereocenters. The number of aromatic nitrogens is 3. The molecule has 1 heterocycles. The first kappa shape index (κ1) is 11.4. The van der Waals surface area contributed by atoms with Crippen molar-refractivity contribution in [3.63, 3.8) is 0 Å². The molecule has 5 heteroatoms. The number of aryl methyl sites for hydroxylation is 1. The molecule has 0 bridgehead atoms. The Morgan fingerprint density at radius 3 is 2.56 bits per heavy atom. The van der Waals surface area contributed by atoms with E-state index in [1.807, 2.05) is 42.7 Å². The van der Waals surface area contributed by atoms with E-state index in [4.69, 9.17) is 23.2 Å². The van der Waals surface area contributed by atoms with Gasteiger partial charge < -0.3 is 0 Å². The standard InChI is InChI=1S/C11H11Cl2N3/c1-7(9-4-3-5-10(12)6-9)16-8(2)14-15-11(16)13/h3-7H,1-2H3. The highest BCUT2D eigenvalue weighted by Gasteiger charge is 2.15. The summed E-state index contributed by atoms with van der Waals surface area (Å²) >= 11 is 11.9. The van der Waals surface area contributed by atoms with Gasteiger partial charge in [0.05, 0.1) is 6.04 Å². The van der Waals surface area contributed by atoms with Crippen molar-refractivity contribution in [3.8, 4) is 0 Å². The molecule has 0 saturated carbocycles. The van der Waals surface area contributed by atoms with Crippen LogP contribution < -0.4 is 0 Å². The van der Waals surface area contributed by atoms with E-state index in [9.17, 15) is 0 Å². The van der Waals surface area contributed by atoms with Crippen LogP contribution in [0.5, 0.6) is 0 Å². The van der Waals surface area contributed by atoms with E-state index in [1.54, 1.807) is 0 Å². The van der Waals surface area contributed by atoms with Crippen molar-refractivity contribution < 1.29 is 0 Å². The van der Waals surface area contributed by atoms with Crippen molar-refractivity contribution in [2.45, 2.75) is 19.9 Å². The summed E-state index contributed by atoms with van der Waals surface area (Å²) in [5.74, 6) is 0.789. The molecule has 0 N–H and O–H groups in total. The molecule has 0 aliphatic carbocycles. The summed E-state index contributed by atoms with van der Waals surface area (Å²) in [7, 11) is 0. The summed E-state index contributed by atoms with van der Waals surface area (Å²) in [4.78, 5) is 0. The SMILES string of the molecule is Cc1nnc(Cl)n1C(C)c1cccc(Cl)c1. The van der Waals surface area contributed by atoms with Crippen molar-refractivity contribution >= 4 is 23.2 Å². The predicted molar refractivity (Wildman–Crippen MR) is 65.0 cm³/mol. The first-order valence-electron chi connectivity index (χ1n) is 4.92. The molecule has 0 radical (unpaired) electrons. The highest BCUT2D eigenvalue weighted by molar-refractivity contribution is 6.30. The van der Waals surface area contributed by atoms with Gasteiger partial charge in [-0.25, -0.2) is 0 Å². The Hall–Kier alpha value is -1.06. The van der Waals surface area contributed by atoms with Crippen molar-refractivity contribution in [1.82, 2.24) is 14.8 Å². The summed E-state index contributed by atoms with van der Waals surface area (Å²) in [6.45, 7) is 3.91. The fourth-order valence-corrected chi connectivity index (χ4v) is 2.20. The van der Waals surface area contributed by atoms with Gasteiger partial charge in [-0.3, -0.25) is 4.57 Å². The molecule has 1 unspecified atom stereocenters. The normalized spacial score (nSPS) is 12.8. The van der Waals surface area contributed by atoms with Crippen LogP contribution in [0.15, 0.2) is 24.3 Å². The third-order valence-corrected chi connectivity index (χ3v) is 3.04. The molecule has 2 rings (SSSR count). The Balaban J connectivity index is 2.43. The largest absolute Gasteiger partial charge is 0.295 e. The lowest BCUT2D eigenvalue weighted by Gasteiger charge is -2.15. The van der Waals surface area contributed by atoms with Crippen LogP contribution in [0.1, 0.15) is 24.4 Å². The molecule has 3 nitrogen and oxygen atoms in total. The van der Waals surface area contributed by atoms with Crippen LogP contribution in [-0.2, 0) is 0 Å². The molecule has 0 aliphatic heterocycles. The van der Waals surface area contributed by atoms with Crippen molar-refractivity contribution in [2.75, 3.05) is 0 Å². The van der Waals surface area contributed by atoms with Crippen molar-refractivity contribution in [1.29, 1.82) is 0 Å². The minimum atomic E-state index is 0.0706. The lowest BCUT2D eigenvalue weighted by Crippen LogP contribution is -2.08. The molecule has 0 aliphatic rings. The van der Waals surface area contributed by atoms with E-state index in [0.29, 0.717) is 10.3 Å². The van der Waals surface area contributed by atoms with Gasteiger partial charge in [0.15, 0.2) is 0 Å². The molecule has 1 aromatic carbocycles. The van der Waals surface area contributed by atoms with Gasteiger partial charge >= 0.3 is 0 Å². The minimum Gasteiger partial charge on any atom is -0.295 e. The van der Waals surface area contributed by atoms with E-state index in [-0.39, 0.29) is 6.04 Å². The third kappa shape index (κ3) is 2.06. The molecule has 0 saturated heterocycles. The molecule has 0 fully saturated rings. The first-order chi connectivity index (χ1) is 7.59. The van der Waals surface area contributed by atoms with E-state index in [2.05, 4.69) is 10.2 Å². The lowest BCUT2D eigenvalue weighted by molar-refractivity contribution is 0.619. The Labute approximate surface area is 104 Å². The van der Waals surface area contributed by atoms with Crippen LogP contribution in [0, 0.1) is 6.92 Å². The fraction of sp³-hybridized carbons (Fsp3) is 0.273. The predicted octanol–water partition coefficient (Wildman–Crippen LogP) is 3.50. The molecular formula is C11H11Cl2N3. The molecule has 0 amide bonds. The van der Waals surface area contributed by atoms with Crippen LogP contribution in [0.4, 0.5) is 0 Å². The second-order valence-corrected chi connectivity index (χ2v) is 4.39. The van der Waals surface area contributed by atoms with Crippen LogP contribution in [0.2, 0.25) is 10.3 Å². The number of hydrogen-bond acceptors (Lipinski definition) is 2. The van der Waals surface area contributed by atoms with Gasteiger partial charge in [-0.15, -0.1) is 10.2 Å². The van der Waals surface area contributed by atoms with Gasteiger partial charge in [0.25, 0.3) is 0 Å². The Morgan fingerprint density at radius 1 is 1.25 bits per heavy atom. The second kappa shape index (κ2) is 4.44. The Bertz CT molecular complexity index is 488. The van der Waals surface area contributed by atoms with E-state index >= 15 is 0 Å². The molecule has 16 heavy (non-hydrogen) atoms. The third-order valence-electron chi connectivity index (χ3n) is 2.54. The zero-order valence-electron chi connectivity index (χ0n) is 8.98. The maximum absolute atomic E-state index is 5.99. The summed E-state index contributed by atoms with van der Waals surface area (Å²) in [5.41, 5.74) is 1.08. The highest BCUT2D eigenvalue weighted by Crippen LogP contribution is 2.24. The number of rotatable bonds is 2. The minimum absolute atomic E-state index is 0.0706. The van der Waals surface area contributed by atoms with Gasteiger partial charge in [-0.1, -0.05) is 23.7 Å². The zero-order valence-corrected chi connectivity index (χ0v) is 10.5. The Kier molecular flexibility index (Phi) is 3.17. The number of nitrogens with zero attached hydrogens (tertiary/aromatic N) is 3. The van der Waals surface area contributed by atoms with Gasteiger partial charge in [0.1, 0.15) is 5.82 Å². The average Bonchev–Trinajstić information content (AvgIpc) is 2.58. The van der Waals surface area contributed by atoms with Crippen LogP contribution >= 0.6 is 23.2 Å². The average molecular weight is 256 g/mol. The maximum Gasteiger partial charge on any atom is 0.225 e. The monoisotopic (exact) mass is 255 g/mol. The highest BCUT2D eigenvalue weighted by atomic mass is 35.5. The molecule has 1 aromatic heterocycles. The molecule has 84 valence electrons. The topological polar surface area (TPSA) is 30.7 Å². The molecular weight excluding hydrogens is 245 g/mol. The lowest BCUT2D eigenvalue weighted by atomic mass is 10.1. The number of hydrogen-bond donors (Lipinski definition) is 0. The smallest absolute Gasteiger partial charge is 0.225 e. The van der Waals surface area contributed by atoms with E-state index in [1.165, 1.54) is 0 Å². The van der Waals surface area contributed by atoms with Crippen molar-refractivity contribution in [2.24, 2.45) is 0 Å². The van der Waals surface area contributed by atoms with Crippen LogP contribution in [0.3, 0.4) is 0 Å². The van der Waals surface area contributed by atoms with Gasteiger partial charge in [-0.2, -0.15) is 0 Å². The Morgan fingerprint density at radius 2 is 2.00 bits per heavy atom. The van der Waals surface area contributed by atoms with Gasteiger partial charge in [0, 0.05) is 5.02 Å². The van der Waals surface area contributed by atoms with Crippen LogP contribution in [-0.4, -0.2) is 14.8 Å². The second-order valence-electron chi connectivity index (χ2n) is 3.62. The molecule has 2 aromatic rings. The quantitative estimate of drug-likeness (QED) is 0.823. The van der Waals surface area contributed by atoms with Gasteiger partial charge in [-0.05, 0) is 43.1 Å². The summed E-state index contributed by atoms with van der Waals surface area (Å²) in [6.07, 6.45) is 0.